The number of aryl methyl sites for hydroxylation is 4. The highest BCUT2D eigenvalue weighted by Crippen LogP contribution is 1.92. The molecule has 2 rings (SSSR count). The second-order valence-electron chi connectivity index (χ2n) is 3.44. The summed E-state index contributed by atoms with van der Waals surface area (Å²) in [6.07, 6.45) is 3.71. The average molecular weight is 237 g/mol. The van der Waals surface area contributed by atoms with Crippen LogP contribution in [0.3, 0.4) is 0 Å². The summed E-state index contributed by atoms with van der Waals surface area (Å²) in [6, 6.07) is 0. The molecule has 0 fully saturated rings. The van der Waals surface area contributed by atoms with Crippen LogP contribution in [0.5, 0.6) is 0 Å². The van der Waals surface area contributed by atoms with Gasteiger partial charge in [0.05, 0.1) is 0 Å². The minimum atomic E-state index is 0.961. The Kier molecular flexibility index (Phi) is 6.86. The van der Waals surface area contributed by atoms with Gasteiger partial charge >= 0.3 is 0 Å². The Morgan fingerprint density at radius 2 is 1.35 bits per heavy atom. The molecule has 2 aromatic heterocycles. The number of aromatic nitrogens is 5. The van der Waals surface area contributed by atoms with Gasteiger partial charge in [-0.15, -0.1) is 10.2 Å². The van der Waals surface area contributed by atoms with Gasteiger partial charge < -0.3 is 9.13 Å². The monoisotopic (exact) mass is 237 g/mol. The van der Waals surface area contributed by atoms with E-state index in [1.807, 2.05) is 64.0 Å². The van der Waals surface area contributed by atoms with Crippen LogP contribution in [0.2, 0.25) is 0 Å². The zero-order chi connectivity index (χ0) is 13.4. The fraction of sp³-hybridized carbons (Fsp3) is 0.583. The Morgan fingerprint density at radius 3 is 1.47 bits per heavy atom. The maximum atomic E-state index is 3.98. The van der Waals surface area contributed by atoms with E-state index in [1.54, 1.807) is 6.20 Å². The van der Waals surface area contributed by atoms with Gasteiger partial charge in [-0.25, -0.2) is 4.98 Å². The Hall–Kier alpha value is -1.65. The fourth-order valence-corrected chi connectivity index (χ4v) is 0.953. The summed E-state index contributed by atoms with van der Waals surface area (Å²) in [7, 11) is 3.92. The van der Waals surface area contributed by atoms with Crippen LogP contribution in [-0.4, -0.2) is 24.3 Å². The molecule has 0 aromatic carbocycles. The quantitative estimate of drug-likeness (QED) is 0.705. The Morgan fingerprint density at radius 1 is 0.882 bits per heavy atom. The molecule has 0 saturated carbocycles. The van der Waals surface area contributed by atoms with Gasteiger partial charge in [0.1, 0.15) is 17.5 Å². The van der Waals surface area contributed by atoms with E-state index in [-0.39, 0.29) is 0 Å². The summed E-state index contributed by atoms with van der Waals surface area (Å²) in [4.78, 5) is 3.98. The third-order valence-electron chi connectivity index (χ3n) is 2.37. The number of rotatable bonds is 0. The standard InChI is InChI=1S/C5H9N3.C5H8N2.C2H6/c1-4-6-7-5(2)8(4)3;1-5-6-3-4-7(5)2;1-2/h1-3H3;3-4H,1-2H3;1-2H3. The number of nitrogens with zero attached hydrogens (tertiary/aromatic N) is 5. The molecule has 0 amide bonds. The highest BCUT2D eigenvalue weighted by molar-refractivity contribution is 4.88. The molecule has 0 atom stereocenters. The topological polar surface area (TPSA) is 48.5 Å². The van der Waals surface area contributed by atoms with E-state index in [4.69, 9.17) is 0 Å². The van der Waals surface area contributed by atoms with Gasteiger partial charge in [-0.3, -0.25) is 0 Å². The van der Waals surface area contributed by atoms with Crippen molar-refractivity contribution in [2.24, 2.45) is 14.1 Å². The van der Waals surface area contributed by atoms with Gasteiger partial charge in [-0.2, -0.15) is 0 Å². The summed E-state index contributed by atoms with van der Waals surface area (Å²) < 4.78 is 3.92. The van der Waals surface area contributed by atoms with Crippen molar-refractivity contribution in [1.82, 2.24) is 24.3 Å². The van der Waals surface area contributed by atoms with Crippen LogP contribution in [0.1, 0.15) is 31.3 Å². The highest BCUT2D eigenvalue weighted by atomic mass is 15.3. The van der Waals surface area contributed by atoms with Crippen molar-refractivity contribution in [2.75, 3.05) is 0 Å². The van der Waals surface area contributed by atoms with E-state index < -0.39 is 0 Å². The van der Waals surface area contributed by atoms with Crippen molar-refractivity contribution in [3.8, 4) is 0 Å². The molecule has 5 heteroatoms. The summed E-state index contributed by atoms with van der Waals surface area (Å²) >= 11 is 0. The minimum Gasteiger partial charge on any atom is -0.338 e. The molecule has 0 unspecified atom stereocenters. The molecule has 0 bridgehead atoms. The van der Waals surface area contributed by atoms with Gasteiger partial charge in [-0.1, -0.05) is 13.8 Å². The highest BCUT2D eigenvalue weighted by Gasteiger charge is 1.94. The van der Waals surface area contributed by atoms with Crippen molar-refractivity contribution in [3.63, 3.8) is 0 Å². The van der Waals surface area contributed by atoms with E-state index in [1.165, 1.54) is 0 Å². The third kappa shape index (κ3) is 4.80. The van der Waals surface area contributed by atoms with Crippen molar-refractivity contribution in [3.05, 3.63) is 29.9 Å². The summed E-state index contributed by atoms with van der Waals surface area (Å²) in [5.74, 6) is 2.98. The summed E-state index contributed by atoms with van der Waals surface area (Å²) in [5.41, 5.74) is 0. The number of hydrogen-bond donors (Lipinski definition) is 0. The second-order valence-corrected chi connectivity index (χ2v) is 3.44. The first-order valence-electron chi connectivity index (χ1n) is 5.79. The van der Waals surface area contributed by atoms with Gasteiger partial charge in [0, 0.05) is 26.5 Å². The predicted molar refractivity (Wildman–Crippen MR) is 69.8 cm³/mol. The molecule has 96 valence electrons. The number of hydrogen-bond acceptors (Lipinski definition) is 3. The van der Waals surface area contributed by atoms with E-state index in [0.717, 1.165) is 17.5 Å². The first kappa shape index (κ1) is 15.3. The van der Waals surface area contributed by atoms with Crippen LogP contribution in [0, 0.1) is 20.8 Å². The molecule has 2 aromatic rings. The summed E-state index contributed by atoms with van der Waals surface area (Å²) in [6.45, 7) is 9.83. The van der Waals surface area contributed by atoms with E-state index in [9.17, 15) is 0 Å². The Balaban J connectivity index is 0.000000265. The van der Waals surface area contributed by atoms with E-state index >= 15 is 0 Å². The molecule has 0 aliphatic carbocycles. The maximum absolute atomic E-state index is 3.98. The molecule has 5 nitrogen and oxygen atoms in total. The largest absolute Gasteiger partial charge is 0.338 e. The summed E-state index contributed by atoms with van der Waals surface area (Å²) in [5, 5.41) is 7.66. The van der Waals surface area contributed by atoms with Gasteiger partial charge in [0.15, 0.2) is 0 Å². The molecule has 0 saturated heterocycles. The van der Waals surface area contributed by atoms with Crippen molar-refractivity contribution in [1.29, 1.82) is 0 Å². The molecule has 0 spiro atoms. The van der Waals surface area contributed by atoms with Crippen LogP contribution in [0.4, 0.5) is 0 Å². The molecule has 0 radical (unpaired) electrons. The van der Waals surface area contributed by atoms with Crippen LogP contribution in [0.15, 0.2) is 12.4 Å². The van der Waals surface area contributed by atoms with Crippen molar-refractivity contribution in [2.45, 2.75) is 34.6 Å². The lowest BCUT2D eigenvalue weighted by atomic mass is 10.6. The lowest BCUT2D eigenvalue weighted by molar-refractivity contribution is 0.823. The molecular weight excluding hydrogens is 214 g/mol. The molecule has 17 heavy (non-hydrogen) atoms. The second kappa shape index (κ2) is 7.60. The van der Waals surface area contributed by atoms with Crippen molar-refractivity contribution < 1.29 is 0 Å². The van der Waals surface area contributed by atoms with Gasteiger partial charge in [0.2, 0.25) is 0 Å². The average Bonchev–Trinajstić information content (AvgIpc) is 2.84. The smallest absolute Gasteiger partial charge is 0.129 e. The minimum absolute atomic E-state index is 0.961. The van der Waals surface area contributed by atoms with Gasteiger partial charge in [-0.05, 0) is 20.8 Å². The predicted octanol–water partition coefficient (Wildman–Crippen LogP) is 2.19. The molecule has 2 heterocycles. The normalized spacial score (nSPS) is 8.88. The first-order valence-corrected chi connectivity index (χ1v) is 5.79. The molecule has 0 N–H and O–H groups in total. The zero-order valence-electron chi connectivity index (χ0n) is 11.9. The van der Waals surface area contributed by atoms with Crippen molar-refractivity contribution >= 4 is 0 Å². The first-order chi connectivity index (χ1) is 8.02. The van der Waals surface area contributed by atoms with Crippen LogP contribution < -0.4 is 0 Å². The molecule has 0 aliphatic heterocycles. The zero-order valence-corrected chi connectivity index (χ0v) is 11.9. The van der Waals surface area contributed by atoms with Gasteiger partial charge in [0.25, 0.3) is 0 Å². The van der Waals surface area contributed by atoms with E-state index in [2.05, 4.69) is 15.2 Å². The molecular formula is C12H23N5. The SMILES string of the molecule is CC.Cc1nccn1C.Cc1nnc(C)n1C. The fourth-order valence-electron chi connectivity index (χ4n) is 0.953. The van der Waals surface area contributed by atoms with E-state index in [0.29, 0.717) is 0 Å². The Bertz CT molecular complexity index is 392. The number of imidazole rings is 1. The lowest BCUT2D eigenvalue weighted by Crippen LogP contribution is -1.92. The lowest BCUT2D eigenvalue weighted by Gasteiger charge is -1.90. The maximum Gasteiger partial charge on any atom is 0.129 e. The van der Waals surface area contributed by atoms with Crippen LogP contribution in [0.25, 0.3) is 0 Å². The van der Waals surface area contributed by atoms with Crippen LogP contribution in [-0.2, 0) is 14.1 Å². The van der Waals surface area contributed by atoms with Crippen LogP contribution >= 0.6 is 0 Å². The Labute approximate surface area is 104 Å². The molecule has 0 aliphatic rings. The third-order valence-corrected chi connectivity index (χ3v) is 2.37.